The maximum Gasteiger partial charge on any atom is 0.229 e. The van der Waals surface area contributed by atoms with Gasteiger partial charge in [0.05, 0.1) is 17.7 Å². The van der Waals surface area contributed by atoms with E-state index in [2.05, 4.69) is 4.98 Å². The number of hydrogen-bond acceptors (Lipinski definition) is 3. The van der Waals surface area contributed by atoms with E-state index in [1.165, 1.54) is 0 Å². The Labute approximate surface area is 147 Å². The molecule has 0 aliphatic carbocycles. The fraction of sp³-hybridized carbons (Fsp3) is 0.300. The first-order valence-corrected chi connectivity index (χ1v) is 8.37. The smallest absolute Gasteiger partial charge is 0.229 e. The summed E-state index contributed by atoms with van der Waals surface area (Å²) in [4.78, 5) is 19.0. The van der Waals surface area contributed by atoms with Gasteiger partial charge in [-0.25, -0.2) is 4.98 Å². The summed E-state index contributed by atoms with van der Waals surface area (Å²) in [7, 11) is 0. The van der Waals surface area contributed by atoms with E-state index in [-0.39, 0.29) is 18.9 Å². The molecule has 0 unspecified atom stereocenters. The second-order valence-electron chi connectivity index (χ2n) is 6.92. The quantitative estimate of drug-likeness (QED) is 0.752. The van der Waals surface area contributed by atoms with Crippen molar-refractivity contribution in [1.82, 2.24) is 14.3 Å². The van der Waals surface area contributed by atoms with E-state index in [0.717, 1.165) is 16.9 Å². The summed E-state index contributed by atoms with van der Waals surface area (Å²) >= 11 is 0. The van der Waals surface area contributed by atoms with Crippen molar-refractivity contribution < 1.29 is 9.90 Å². The fourth-order valence-corrected chi connectivity index (χ4v) is 2.84. The van der Waals surface area contributed by atoms with Crippen molar-refractivity contribution in [3.8, 4) is 0 Å². The molecule has 5 nitrogen and oxygen atoms in total. The molecule has 0 atom stereocenters. The number of aromatic nitrogens is 2. The Morgan fingerprint density at radius 1 is 1.16 bits per heavy atom. The number of amides is 1. The first-order valence-electron chi connectivity index (χ1n) is 8.37. The van der Waals surface area contributed by atoms with Crippen LogP contribution in [0.4, 0.5) is 0 Å². The zero-order valence-electron chi connectivity index (χ0n) is 14.6. The summed E-state index contributed by atoms with van der Waals surface area (Å²) in [6.07, 6.45) is 4.00. The molecule has 25 heavy (non-hydrogen) atoms. The molecular weight excluding hydrogens is 314 g/mol. The van der Waals surface area contributed by atoms with Crippen molar-refractivity contribution in [2.75, 3.05) is 6.54 Å². The van der Waals surface area contributed by atoms with E-state index < -0.39 is 5.60 Å². The van der Waals surface area contributed by atoms with Crippen LogP contribution >= 0.6 is 0 Å². The molecule has 3 rings (SSSR count). The van der Waals surface area contributed by atoms with Gasteiger partial charge in [-0.1, -0.05) is 36.4 Å². The van der Waals surface area contributed by atoms with Crippen LogP contribution in [0.2, 0.25) is 0 Å². The summed E-state index contributed by atoms with van der Waals surface area (Å²) in [5.74, 6) is -0.0469. The average Bonchev–Trinajstić information content (AvgIpc) is 2.96. The Hall–Kier alpha value is -2.66. The Balaban J connectivity index is 1.77. The Kier molecular flexibility index (Phi) is 4.86. The van der Waals surface area contributed by atoms with Gasteiger partial charge < -0.3 is 14.4 Å². The number of imidazole rings is 1. The number of carbonyl (C=O) groups excluding carboxylic acids is 1. The van der Waals surface area contributed by atoms with E-state index >= 15 is 0 Å². The lowest BCUT2D eigenvalue weighted by molar-refractivity contribution is -0.134. The lowest BCUT2D eigenvalue weighted by atomic mass is 10.1. The van der Waals surface area contributed by atoms with Crippen molar-refractivity contribution >= 4 is 11.6 Å². The maximum absolute atomic E-state index is 12.8. The van der Waals surface area contributed by atoms with Gasteiger partial charge in [-0.05, 0) is 31.5 Å². The molecule has 0 aliphatic rings. The summed E-state index contributed by atoms with van der Waals surface area (Å²) in [6.45, 7) is 4.16. The molecule has 2 aromatic heterocycles. The Morgan fingerprint density at radius 2 is 1.88 bits per heavy atom. The Bertz CT molecular complexity index is 817. The van der Waals surface area contributed by atoms with Crippen LogP contribution in [0, 0.1) is 0 Å². The number of hydrogen-bond donors (Lipinski definition) is 1. The van der Waals surface area contributed by atoms with Gasteiger partial charge in [0.15, 0.2) is 0 Å². The van der Waals surface area contributed by atoms with E-state index in [9.17, 15) is 9.90 Å². The highest BCUT2D eigenvalue weighted by atomic mass is 16.3. The number of pyridine rings is 1. The molecule has 3 aromatic rings. The molecule has 5 heteroatoms. The van der Waals surface area contributed by atoms with E-state index in [1.807, 2.05) is 65.3 Å². The highest BCUT2D eigenvalue weighted by Crippen LogP contribution is 2.13. The third-order valence-electron chi connectivity index (χ3n) is 3.89. The molecule has 130 valence electrons. The van der Waals surface area contributed by atoms with Crippen LogP contribution in [-0.4, -0.2) is 37.4 Å². The summed E-state index contributed by atoms with van der Waals surface area (Å²) < 4.78 is 1.90. The van der Waals surface area contributed by atoms with Crippen molar-refractivity contribution in [3.05, 3.63) is 72.2 Å². The number of benzene rings is 1. The van der Waals surface area contributed by atoms with Gasteiger partial charge in [0.2, 0.25) is 5.91 Å². The maximum atomic E-state index is 12.8. The van der Waals surface area contributed by atoms with Gasteiger partial charge in [0.25, 0.3) is 0 Å². The summed E-state index contributed by atoms with van der Waals surface area (Å²) in [5.41, 5.74) is 1.63. The van der Waals surface area contributed by atoms with Gasteiger partial charge in [0.1, 0.15) is 5.65 Å². The van der Waals surface area contributed by atoms with E-state index in [1.54, 1.807) is 18.7 Å². The highest BCUT2D eigenvalue weighted by Gasteiger charge is 2.23. The fourth-order valence-electron chi connectivity index (χ4n) is 2.84. The third-order valence-corrected chi connectivity index (χ3v) is 3.89. The van der Waals surface area contributed by atoms with E-state index in [4.69, 9.17) is 0 Å². The van der Waals surface area contributed by atoms with Crippen LogP contribution in [0.15, 0.2) is 60.9 Å². The molecular formula is C20H23N3O2. The number of aliphatic hydroxyl groups is 1. The van der Waals surface area contributed by atoms with Crippen LogP contribution < -0.4 is 0 Å². The lowest BCUT2D eigenvalue weighted by Crippen LogP contribution is -2.42. The predicted octanol–water partition coefficient (Wildman–Crippen LogP) is 2.68. The molecule has 1 amide bonds. The lowest BCUT2D eigenvalue weighted by Gasteiger charge is -2.29. The van der Waals surface area contributed by atoms with Crippen LogP contribution in [0.5, 0.6) is 0 Å². The molecule has 0 fully saturated rings. The summed E-state index contributed by atoms with van der Waals surface area (Å²) in [6, 6.07) is 15.6. The molecule has 1 aromatic carbocycles. The van der Waals surface area contributed by atoms with Crippen molar-refractivity contribution in [1.29, 1.82) is 0 Å². The number of nitrogens with zero attached hydrogens (tertiary/aromatic N) is 3. The predicted molar refractivity (Wildman–Crippen MR) is 97.1 cm³/mol. The highest BCUT2D eigenvalue weighted by molar-refractivity contribution is 5.78. The molecule has 2 heterocycles. The molecule has 1 N–H and O–H groups in total. The molecule has 0 spiro atoms. The van der Waals surface area contributed by atoms with Gasteiger partial charge in [-0.3, -0.25) is 4.79 Å². The largest absolute Gasteiger partial charge is 0.389 e. The monoisotopic (exact) mass is 337 g/mol. The van der Waals surface area contributed by atoms with Crippen LogP contribution in [0.25, 0.3) is 5.65 Å². The average molecular weight is 337 g/mol. The zero-order chi connectivity index (χ0) is 17.9. The first-order chi connectivity index (χ1) is 11.9. The van der Waals surface area contributed by atoms with Crippen molar-refractivity contribution in [2.45, 2.75) is 32.4 Å². The van der Waals surface area contributed by atoms with Crippen LogP contribution in [-0.2, 0) is 17.8 Å². The molecule has 0 saturated heterocycles. The molecule has 0 saturated carbocycles. The second-order valence-corrected chi connectivity index (χ2v) is 6.92. The Morgan fingerprint density at radius 3 is 2.56 bits per heavy atom. The van der Waals surface area contributed by atoms with Gasteiger partial charge in [-0.2, -0.15) is 0 Å². The van der Waals surface area contributed by atoms with Crippen LogP contribution in [0.1, 0.15) is 25.1 Å². The van der Waals surface area contributed by atoms with Gasteiger partial charge in [0, 0.05) is 25.5 Å². The van der Waals surface area contributed by atoms with Crippen molar-refractivity contribution in [2.24, 2.45) is 0 Å². The normalized spacial score (nSPS) is 11.6. The third kappa shape index (κ3) is 4.67. The van der Waals surface area contributed by atoms with Gasteiger partial charge >= 0.3 is 0 Å². The van der Waals surface area contributed by atoms with Gasteiger partial charge in [-0.15, -0.1) is 0 Å². The minimum Gasteiger partial charge on any atom is -0.389 e. The van der Waals surface area contributed by atoms with Crippen LogP contribution in [0.3, 0.4) is 0 Å². The topological polar surface area (TPSA) is 57.8 Å². The number of fused-ring (bicyclic) bond motifs is 1. The SMILES string of the molecule is CC(C)(O)CN(Cc1ccccc1)C(=O)Cc1cn2ccccc2n1. The minimum atomic E-state index is -0.955. The summed E-state index contributed by atoms with van der Waals surface area (Å²) in [5, 5.41) is 10.2. The number of rotatable bonds is 6. The standard InChI is InChI=1S/C20H23N3O2/c1-20(2,25)15-23(13-16-8-4-3-5-9-16)19(24)12-17-14-22-11-7-6-10-18(22)21-17/h3-11,14,25H,12-13,15H2,1-2H3. The molecule has 0 radical (unpaired) electrons. The minimum absolute atomic E-state index is 0.0469. The number of carbonyl (C=O) groups is 1. The first kappa shape index (κ1) is 17.2. The zero-order valence-corrected chi connectivity index (χ0v) is 14.6. The second kappa shape index (κ2) is 7.07. The molecule has 0 bridgehead atoms. The molecule has 0 aliphatic heterocycles. The van der Waals surface area contributed by atoms with Crippen molar-refractivity contribution in [3.63, 3.8) is 0 Å². The van der Waals surface area contributed by atoms with E-state index in [0.29, 0.717) is 6.54 Å².